The van der Waals surface area contributed by atoms with Crippen LogP contribution >= 0.6 is 11.6 Å². The zero-order valence-electron chi connectivity index (χ0n) is 10.7. The molecule has 0 bridgehead atoms. The number of anilines is 1. The first-order valence-corrected chi connectivity index (χ1v) is 7.07. The van der Waals surface area contributed by atoms with E-state index in [0.29, 0.717) is 11.9 Å². The van der Waals surface area contributed by atoms with Gasteiger partial charge in [0.1, 0.15) is 0 Å². The van der Waals surface area contributed by atoms with Crippen molar-refractivity contribution in [2.24, 2.45) is 0 Å². The van der Waals surface area contributed by atoms with E-state index in [4.69, 9.17) is 11.6 Å². The number of halogens is 1. The van der Waals surface area contributed by atoms with Crippen molar-refractivity contribution in [3.63, 3.8) is 0 Å². The molecule has 0 N–H and O–H groups in total. The molecule has 3 heteroatoms. The fourth-order valence-electron chi connectivity index (χ4n) is 2.69. The van der Waals surface area contributed by atoms with Gasteiger partial charge in [-0.1, -0.05) is 6.92 Å². The van der Waals surface area contributed by atoms with Gasteiger partial charge in [0.2, 0.25) is 0 Å². The van der Waals surface area contributed by atoms with E-state index in [1.165, 1.54) is 31.4 Å². The molecule has 0 aromatic carbocycles. The molecule has 2 heterocycles. The van der Waals surface area contributed by atoms with Gasteiger partial charge in [-0.15, -0.1) is 11.6 Å². The Hall–Kier alpha value is -0.760. The highest BCUT2D eigenvalue weighted by Crippen LogP contribution is 2.30. The summed E-state index contributed by atoms with van der Waals surface area (Å²) in [6.07, 6.45) is 7.09. The third kappa shape index (κ3) is 2.74. The molecule has 17 heavy (non-hydrogen) atoms. The van der Waals surface area contributed by atoms with Gasteiger partial charge >= 0.3 is 0 Å². The van der Waals surface area contributed by atoms with Gasteiger partial charge in [0.05, 0.1) is 5.88 Å². The minimum Gasteiger partial charge on any atom is -0.368 e. The lowest BCUT2D eigenvalue weighted by molar-refractivity contribution is 0.449. The molecule has 1 aliphatic heterocycles. The molecule has 0 spiro atoms. The maximum Gasteiger partial charge on any atom is 0.0509 e. The second-order valence-electron chi connectivity index (χ2n) is 4.84. The molecule has 1 atom stereocenters. The number of nitrogens with zero attached hydrogens (tertiary/aromatic N) is 2. The van der Waals surface area contributed by atoms with Crippen LogP contribution < -0.4 is 4.90 Å². The van der Waals surface area contributed by atoms with Crippen LogP contribution in [0.2, 0.25) is 0 Å². The molecule has 2 nitrogen and oxygen atoms in total. The Labute approximate surface area is 109 Å². The summed E-state index contributed by atoms with van der Waals surface area (Å²) in [4.78, 5) is 6.88. The van der Waals surface area contributed by atoms with E-state index in [9.17, 15) is 0 Å². The van der Waals surface area contributed by atoms with E-state index < -0.39 is 0 Å². The second-order valence-corrected chi connectivity index (χ2v) is 5.11. The van der Waals surface area contributed by atoms with Crippen molar-refractivity contribution in [2.45, 2.75) is 51.5 Å². The molecule has 1 saturated heterocycles. The zero-order chi connectivity index (χ0) is 12.3. The van der Waals surface area contributed by atoms with Gasteiger partial charge in [-0.3, -0.25) is 4.98 Å². The normalized spacial score (nSPS) is 20.6. The summed E-state index contributed by atoms with van der Waals surface area (Å²) in [5.74, 6) is 0.551. The highest BCUT2D eigenvalue weighted by Gasteiger charge is 2.23. The van der Waals surface area contributed by atoms with Crippen molar-refractivity contribution in [1.82, 2.24) is 4.98 Å². The lowest BCUT2D eigenvalue weighted by atomic mass is 9.98. The Morgan fingerprint density at radius 3 is 3.00 bits per heavy atom. The van der Waals surface area contributed by atoms with Crippen molar-refractivity contribution in [3.05, 3.63) is 23.5 Å². The van der Waals surface area contributed by atoms with Gasteiger partial charge < -0.3 is 4.90 Å². The van der Waals surface area contributed by atoms with Crippen molar-refractivity contribution < 1.29 is 0 Å². The molecule has 2 rings (SSSR count). The van der Waals surface area contributed by atoms with Gasteiger partial charge in [-0.05, 0) is 38.7 Å². The molecule has 1 aliphatic rings. The van der Waals surface area contributed by atoms with Crippen molar-refractivity contribution in [2.75, 3.05) is 11.4 Å². The van der Waals surface area contributed by atoms with E-state index in [-0.39, 0.29) is 0 Å². The standard InChI is InChI=1S/C14H21ClN2/c1-3-13-6-4-5-7-17(13)14-8-11(2)16-10-12(14)9-15/h8,10,13H,3-7,9H2,1-2H3. The lowest BCUT2D eigenvalue weighted by Gasteiger charge is -2.38. The lowest BCUT2D eigenvalue weighted by Crippen LogP contribution is -2.39. The van der Waals surface area contributed by atoms with Crippen LogP contribution in [0.25, 0.3) is 0 Å². The van der Waals surface area contributed by atoms with Crippen LogP contribution in [0.1, 0.15) is 43.9 Å². The summed E-state index contributed by atoms with van der Waals surface area (Å²) in [5, 5.41) is 0. The SMILES string of the molecule is CCC1CCCCN1c1cc(C)ncc1CCl. The van der Waals surface area contributed by atoms with E-state index in [2.05, 4.69) is 22.9 Å². The van der Waals surface area contributed by atoms with Crippen LogP contribution in [-0.2, 0) is 5.88 Å². The third-order valence-corrected chi connectivity index (χ3v) is 3.94. The molecule has 1 aromatic heterocycles. The van der Waals surface area contributed by atoms with Crippen LogP contribution in [0.3, 0.4) is 0 Å². The number of aromatic nitrogens is 1. The summed E-state index contributed by atoms with van der Waals surface area (Å²) in [7, 11) is 0. The van der Waals surface area contributed by atoms with E-state index in [1.54, 1.807) is 0 Å². The van der Waals surface area contributed by atoms with Crippen LogP contribution in [0.4, 0.5) is 5.69 Å². The molecule has 0 radical (unpaired) electrons. The van der Waals surface area contributed by atoms with Gasteiger partial charge in [-0.25, -0.2) is 0 Å². The van der Waals surface area contributed by atoms with E-state index in [1.807, 2.05) is 13.1 Å². The molecule has 1 fully saturated rings. The monoisotopic (exact) mass is 252 g/mol. The number of alkyl halides is 1. The maximum absolute atomic E-state index is 6.03. The molecule has 0 saturated carbocycles. The molecular weight excluding hydrogens is 232 g/mol. The number of pyridine rings is 1. The molecule has 1 unspecified atom stereocenters. The Morgan fingerprint density at radius 2 is 2.29 bits per heavy atom. The summed E-state index contributed by atoms with van der Waals surface area (Å²) in [6.45, 7) is 5.48. The van der Waals surface area contributed by atoms with Crippen LogP contribution in [-0.4, -0.2) is 17.6 Å². The molecule has 0 aliphatic carbocycles. The third-order valence-electron chi connectivity index (χ3n) is 3.65. The number of hydrogen-bond acceptors (Lipinski definition) is 2. The number of hydrogen-bond donors (Lipinski definition) is 0. The molecule has 94 valence electrons. The fraction of sp³-hybridized carbons (Fsp3) is 0.643. The molecule has 1 aromatic rings. The Morgan fingerprint density at radius 1 is 1.47 bits per heavy atom. The Bertz CT molecular complexity index is 378. The van der Waals surface area contributed by atoms with Gasteiger partial charge in [0.25, 0.3) is 0 Å². The van der Waals surface area contributed by atoms with E-state index in [0.717, 1.165) is 17.8 Å². The Balaban J connectivity index is 2.33. The quantitative estimate of drug-likeness (QED) is 0.759. The minimum absolute atomic E-state index is 0.551. The first-order valence-electron chi connectivity index (χ1n) is 6.54. The Kier molecular flexibility index (Phi) is 4.27. The van der Waals surface area contributed by atoms with Crippen LogP contribution in [0.5, 0.6) is 0 Å². The van der Waals surface area contributed by atoms with Crippen molar-refractivity contribution in [3.8, 4) is 0 Å². The largest absolute Gasteiger partial charge is 0.368 e. The smallest absolute Gasteiger partial charge is 0.0509 e. The highest BCUT2D eigenvalue weighted by molar-refractivity contribution is 6.17. The van der Waals surface area contributed by atoms with Crippen LogP contribution in [0.15, 0.2) is 12.3 Å². The predicted octanol–water partition coefficient (Wildman–Crippen LogP) is 3.90. The number of rotatable bonds is 3. The van der Waals surface area contributed by atoms with Crippen LogP contribution in [0, 0.1) is 6.92 Å². The second kappa shape index (κ2) is 5.72. The minimum atomic E-state index is 0.551. The summed E-state index contributed by atoms with van der Waals surface area (Å²) in [5.41, 5.74) is 3.55. The van der Waals surface area contributed by atoms with E-state index >= 15 is 0 Å². The van der Waals surface area contributed by atoms with Gasteiger partial charge in [-0.2, -0.15) is 0 Å². The highest BCUT2D eigenvalue weighted by atomic mass is 35.5. The number of aryl methyl sites for hydroxylation is 1. The fourth-order valence-corrected chi connectivity index (χ4v) is 2.89. The average molecular weight is 253 g/mol. The zero-order valence-corrected chi connectivity index (χ0v) is 11.5. The van der Waals surface area contributed by atoms with Crippen molar-refractivity contribution >= 4 is 17.3 Å². The first-order chi connectivity index (χ1) is 8.26. The van der Waals surface area contributed by atoms with Gasteiger partial charge in [0.15, 0.2) is 0 Å². The predicted molar refractivity (Wildman–Crippen MR) is 73.8 cm³/mol. The molecular formula is C14H21ClN2. The summed E-state index contributed by atoms with van der Waals surface area (Å²) in [6, 6.07) is 2.86. The van der Waals surface area contributed by atoms with Crippen molar-refractivity contribution in [1.29, 1.82) is 0 Å². The molecule has 0 amide bonds. The number of piperidine rings is 1. The average Bonchev–Trinajstić information content (AvgIpc) is 2.38. The van der Waals surface area contributed by atoms with Gasteiger partial charge in [0, 0.05) is 35.7 Å². The maximum atomic E-state index is 6.03. The first kappa shape index (κ1) is 12.7. The summed E-state index contributed by atoms with van der Waals surface area (Å²) < 4.78 is 0. The summed E-state index contributed by atoms with van der Waals surface area (Å²) >= 11 is 6.03. The topological polar surface area (TPSA) is 16.1 Å².